The van der Waals surface area contributed by atoms with Crippen molar-refractivity contribution in [3.63, 3.8) is 0 Å². The Kier molecular flexibility index (Phi) is 3.08. The average molecular weight is 257 g/mol. The summed E-state index contributed by atoms with van der Waals surface area (Å²) in [6.45, 7) is 0. The second kappa shape index (κ2) is 4.70. The molecule has 0 aromatic heterocycles. The summed E-state index contributed by atoms with van der Waals surface area (Å²) in [5.41, 5.74) is 0.571. The zero-order valence-electron chi connectivity index (χ0n) is 9.48. The van der Waals surface area contributed by atoms with E-state index in [0.717, 1.165) is 6.21 Å². The van der Waals surface area contributed by atoms with Crippen molar-refractivity contribution in [2.75, 3.05) is 0 Å². The molecular weight excluding hydrogens is 250 g/mol. The van der Waals surface area contributed by atoms with Crippen LogP contribution in [0.2, 0.25) is 0 Å². The predicted octanol–water partition coefficient (Wildman–Crippen LogP) is 0.717. The number of benzene rings is 1. The lowest BCUT2D eigenvalue weighted by molar-refractivity contribution is -0.145. The molecule has 19 heavy (non-hydrogen) atoms. The average Bonchev–Trinajstić information content (AvgIpc) is 2.71. The molecule has 1 atom stereocenters. The lowest BCUT2D eigenvalue weighted by Crippen LogP contribution is -2.38. The monoisotopic (exact) mass is 257 g/mol. The maximum Gasteiger partial charge on any atom is 0.351 e. The molecule has 94 valence electrons. The Morgan fingerprint density at radius 1 is 1.32 bits per heavy atom. The fourth-order valence-electron chi connectivity index (χ4n) is 1.71. The van der Waals surface area contributed by atoms with Crippen LogP contribution in [0.15, 0.2) is 29.3 Å². The van der Waals surface area contributed by atoms with Crippen LogP contribution in [0.3, 0.4) is 0 Å². The van der Waals surface area contributed by atoms with Gasteiger partial charge in [-0.15, -0.1) is 0 Å². The van der Waals surface area contributed by atoms with Crippen LogP contribution in [0.4, 0.5) is 4.79 Å². The molecule has 0 bridgehead atoms. The molecule has 1 N–H and O–H groups in total. The highest BCUT2D eigenvalue weighted by Gasteiger charge is 2.38. The Balaban J connectivity index is 2.41. The number of aliphatic imine (C=N–C) groups is 1. The first kappa shape index (κ1) is 12.4. The van der Waals surface area contributed by atoms with E-state index >= 15 is 0 Å². The summed E-state index contributed by atoms with van der Waals surface area (Å²) in [7, 11) is 0. The van der Waals surface area contributed by atoms with Crippen LogP contribution in [0.5, 0.6) is 0 Å². The van der Waals surface area contributed by atoms with Crippen LogP contribution in [-0.2, 0) is 9.59 Å². The number of aliphatic carboxylic acids is 1. The number of imide groups is 1. The molecule has 0 saturated heterocycles. The van der Waals surface area contributed by atoms with Gasteiger partial charge in [0.2, 0.25) is 0 Å². The van der Waals surface area contributed by atoms with Gasteiger partial charge < -0.3 is 5.11 Å². The van der Waals surface area contributed by atoms with Crippen molar-refractivity contribution in [1.29, 1.82) is 5.26 Å². The first-order chi connectivity index (χ1) is 9.04. The Morgan fingerprint density at radius 2 is 1.95 bits per heavy atom. The molecule has 1 aromatic carbocycles. The highest BCUT2D eigenvalue weighted by atomic mass is 16.4. The molecule has 1 unspecified atom stereocenters. The number of nitrogens with zero attached hydrogens (tertiary/aromatic N) is 3. The van der Waals surface area contributed by atoms with E-state index in [9.17, 15) is 19.5 Å². The fraction of sp³-hybridized carbons (Fsp3) is 0.0833. The van der Waals surface area contributed by atoms with Gasteiger partial charge in [0.05, 0.1) is 17.8 Å². The Labute approximate surface area is 107 Å². The minimum atomic E-state index is -1.45. The third-order valence-electron chi connectivity index (χ3n) is 2.58. The van der Waals surface area contributed by atoms with Crippen LogP contribution >= 0.6 is 0 Å². The zero-order valence-corrected chi connectivity index (χ0v) is 9.48. The van der Waals surface area contributed by atoms with E-state index in [1.807, 2.05) is 6.07 Å². The molecule has 0 fully saturated rings. The number of hydrogen-bond donors (Lipinski definition) is 1. The van der Waals surface area contributed by atoms with Gasteiger partial charge in [0, 0.05) is 0 Å². The van der Waals surface area contributed by atoms with Crippen molar-refractivity contribution in [3.05, 3.63) is 35.4 Å². The maximum absolute atomic E-state index is 11.5. The van der Waals surface area contributed by atoms with Crippen molar-refractivity contribution in [3.8, 4) is 6.07 Å². The number of carboxylic acid groups (broad SMARTS) is 1. The molecule has 1 aromatic rings. The topological polar surface area (TPSA) is 111 Å². The molecule has 0 aliphatic carbocycles. The van der Waals surface area contributed by atoms with Crippen molar-refractivity contribution >= 4 is 24.1 Å². The summed E-state index contributed by atoms with van der Waals surface area (Å²) in [5, 5.41) is 17.8. The summed E-state index contributed by atoms with van der Waals surface area (Å²) in [6.07, 6.45) is 0.780. The first-order valence-corrected chi connectivity index (χ1v) is 5.18. The van der Waals surface area contributed by atoms with Crippen molar-refractivity contribution < 1.29 is 19.5 Å². The highest BCUT2D eigenvalue weighted by Crippen LogP contribution is 2.24. The van der Waals surface area contributed by atoms with Crippen LogP contribution in [-0.4, -0.2) is 34.1 Å². The van der Waals surface area contributed by atoms with Gasteiger partial charge in [0.1, 0.15) is 0 Å². The number of amides is 3. The zero-order chi connectivity index (χ0) is 14.0. The SMILES string of the molecule is N#Cc1ccc(C(C(=O)O)N2C(=O)C=NC2=O)cc1. The molecule has 1 heterocycles. The van der Waals surface area contributed by atoms with E-state index in [2.05, 4.69) is 4.99 Å². The normalized spacial score (nSPS) is 15.4. The van der Waals surface area contributed by atoms with Crippen molar-refractivity contribution in [2.45, 2.75) is 6.04 Å². The Morgan fingerprint density at radius 3 is 2.37 bits per heavy atom. The fourth-order valence-corrected chi connectivity index (χ4v) is 1.71. The van der Waals surface area contributed by atoms with Gasteiger partial charge in [0.25, 0.3) is 5.91 Å². The van der Waals surface area contributed by atoms with E-state index in [0.29, 0.717) is 10.5 Å². The van der Waals surface area contributed by atoms with Gasteiger partial charge in [0.15, 0.2) is 6.04 Å². The summed E-state index contributed by atoms with van der Waals surface area (Å²) in [4.78, 5) is 38.0. The van der Waals surface area contributed by atoms with Gasteiger partial charge in [-0.25, -0.2) is 14.5 Å². The molecular formula is C12H7N3O4. The molecule has 1 aliphatic rings. The number of carbonyl (C=O) groups excluding carboxylic acids is 2. The molecule has 0 radical (unpaired) electrons. The van der Waals surface area contributed by atoms with Gasteiger partial charge in [-0.3, -0.25) is 4.79 Å². The third kappa shape index (κ3) is 2.19. The van der Waals surface area contributed by atoms with Gasteiger partial charge in [-0.1, -0.05) is 12.1 Å². The van der Waals surface area contributed by atoms with Gasteiger partial charge in [-0.05, 0) is 17.7 Å². The summed E-state index contributed by atoms with van der Waals surface area (Å²) in [5.74, 6) is -2.13. The second-order valence-electron chi connectivity index (χ2n) is 3.72. The molecule has 7 nitrogen and oxygen atoms in total. The van der Waals surface area contributed by atoms with Crippen molar-refractivity contribution in [1.82, 2.24) is 4.90 Å². The number of hydrogen-bond acceptors (Lipinski definition) is 4. The standard InChI is InChI=1S/C12H7N3O4/c13-5-7-1-3-8(4-2-7)10(11(17)18)15-9(16)6-14-12(15)19/h1-4,6,10H,(H,17,18). The number of carboxylic acids is 1. The number of carbonyl (C=O) groups is 3. The third-order valence-corrected chi connectivity index (χ3v) is 2.58. The van der Waals surface area contributed by atoms with Crippen LogP contribution in [0.1, 0.15) is 17.2 Å². The lowest BCUT2D eigenvalue weighted by Gasteiger charge is -2.21. The Hall–Kier alpha value is -3.01. The van der Waals surface area contributed by atoms with Gasteiger partial charge >= 0.3 is 12.0 Å². The number of urea groups is 1. The van der Waals surface area contributed by atoms with Crippen LogP contribution in [0, 0.1) is 11.3 Å². The summed E-state index contributed by atoms with van der Waals surface area (Å²) >= 11 is 0. The molecule has 0 spiro atoms. The predicted molar refractivity (Wildman–Crippen MR) is 62.3 cm³/mol. The van der Waals surface area contributed by atoms with Crippen LogP contribution in [0.25, 0.3) is 0 Å². The van der Waals surface area contributed by atoms with E-state index in [1.165, 1.54) is 24.3 Å². The molecule has 0 saturated carbocycles. The molecule has 7 heteroatoms. The molecule has 2 rings (SSSR count). The maximum atomic E-state index is 11.5. The lowest BCUT2D eigenvalue weighted by atomic mass is 10.0. The minimum Gasteiger partial charge on any atom is -0.479 e. The van der Waals surface area contributed by atoms with E-state index in [4.69, 9.17) is 5.26 Å². The summed E-state index contributed by atoms with van der Waals surface area (Å²) in [6, 6.07) is 5.12. The summed E-state index contributed by atoms with van der Waals surface area (Å²) < 4.78 is 0. The van der Waals surface area contributed by atoms with E-state index in [-0.39, 0.29) is 5.56 Å². The second-order valence-corrected chi connectivity index (χ2v) is 3.72. The van der Waals surface area contributed by atoms with Gasteiger partial charge in [-0.2, -0.15) is 10.3 Å². The van der Waals surface area contributed by atoms with Crippen molar-refractivity contribution in [2.24, 2.45) is 4.99 Å². The number of rotatable bonds is 3. The smallest absolute Gasteiger partial charge is 0.351 e. The Bertz CT molecular complexity index is 609. The quantitative estimate of drug-likeness (QED) is 0.857. The molecule has 3 amide bonds. The number of nitriles is 1. The minimum absolute atomic E-state index is 0.221. The highest BCUT2D eigenvalue weighted by molar-refractivity contribution is 6.36. The first-order valence-electron chi connectivity index (χ1n) is 5.18. The molecule has 1 aliphatic heterocycles. The van der Waals surface area contributed by atoms with E-state index in [1.54, 1.807) is 0 Å². The largest absolute Gasteiger partial charge is 0.479 e. The van der Waals surface area contributed by atoms with E-state index < -0.39 is 23.9 Å². The van der Waals surface area contributed by atoms with Crippen LogP contribution < -0.4 is 0 Å².